The average Bonchev–Trinajstić information content (AvgIpc) is 2.54. The van der Waals surface area contributed by atoms with E-state index < -0.39 is 25.4 Å². The molecule has 0 amide bonds. The third-order valence-electron chi connectivity index (χ3n) is 3.61. The Hall–Kier alpha value is -1.52. The zero-order valence-electron chi connectivity index (χ0n) is 13.5. The van der Waals surface area contributed by atoms with Crippen LogP contribution in [0, 0.1) is 12.7 Å². The van der Waals surface area contributed by atoms with E-state index in [1.54, 1.807) is 24.3 Å². The summed E-state index contributed by atoms with van der Waals surface area (Å²) in [5.41, 5.74) is 2.26. The lowest BCUT2D eigenvalue weighted by molar-refractivity contribution is 0.101. The number of aryl methyl sites for hydroxylation is 1. The fraction of sp³-hybridized carbons (Fsp3) is 0.235. The molecular weight excluding hydrogens is 354 g/mol. The molecule has 0 spiro atoms. The lowest BCUT2D eigenvalue weighted by Crippen LogP contribution is -2.09. The molecule has 7 heteroatoms. The standard InChI is InChI=1S/C17H17ClFO4P/c1-11-6-14(18)4-5-16(11)12-7-13(9-15(19)8-12)17(20)10-24(21,22-2)23-3/h4-9H,10H2,1-3H3. The minimum Gasteiger partial charge on any atom is -0.312 e. The van der Waals surface area contributed by atoms with Crippen LogP contribution in [0.2, 0.25) is 5.02 Å². The molecule has 2 aromatic rings. The molecule has 0 atom stereocenters. The van der Waals surface area contributed by atoms with Gasteiger partial charge in [0.05, 0.1) is 0 Å². The fourth-order valence-electron chi connectivity index (χ4n) is 2.33. The lowest BCUT2D eigenvalue weighted by atomic mass is 9.98. The molecule has 4 nitrogen and oxygen atoms in total. The number of Topliss-reactive ketones (excluding diaryl/α,β-unsaturated/α-hetero) is 1. The number of carbonyl (C=O) groups excluding carboxylic acids is 1. The first kappa shape index (κ1) is 18.8. The zero-order chi connectivity index (χ0) is 17.9. The molecular formula is C17H17ClFO4P. The molecule has 0 fully saturated rings. The topological polar surface area (TPSA) is 52.6 Å². The summed E-state index contributed by atoms with van der Waals surface area (Å²) in [7, 11) is -1.11. The third-order valence-corrected chi connectivity index (χ3v) is 5.64. The van der Waals surface area contributed by atoms with Gasteiger partial charge in [-0.15, -0.1) is 0 Å². The maximum atomic E-state index is 14.0. The SMILES string of the molecule is COP(=O)(CC(=O)c1cc(F)cc(-c2ccc(Cl)cc2C)c1)OC. The smallest absolute Gasteiger partial charge is 0.312 e. The van der Waals surface area contributed by atoms with Gasteiger partial charge in [0, 0.05) is 24.8 Å². The number of benzene rings is 2. The van der Waals surface area contributed by atoms with E-state index in [2.05, 4.69) is 0 Å². The van der Waals surface area contributed by atoms with Gasteiger partial charge in [-0.2, -0.15) is 0 Å². The maximum absolute atomic E-state index is 14.0. The first-order valence-electron chi connectivity index (χ1n) is 7.09. The molecule has 128 valence electrons. The Kier molecular flexibility index (Phi) is 5.94. The molecule has 0 unspecified atom stereocenters. The van der Waals surface area contributed by atoms with Crippen LogP contribution in [-0.4, -0.2) is 26.2 Å². The number of hydrogen-bond donors (Lipinski definition) is 0. The number of carbonyl (C=O) groups is 1. The van der Waals surface area contributed by atoms with Gasteiger partial charge in [0.1, 0.15) is 12.0 Å². The van der Waals surface area contributed by atoms with E-state index in [4.69, 9.17) is 20.6 Å². The number of halogens is 2. The quantitative estimate of drug-likeness (QED) is 0.523. The van der Waals surface area contributed by atoms with Gasteiger partial charge in [0.25, 0.3) is 0 Å². The van der Waals surface area contributed by atoms with Gasteiger partial charge in [0.2, 0.25) is 0 Å². The molecule has 0 aliphatic carbocycles. The largest absolute Gasteiger partial charge is 0.337 e. The Labute approximate surface area is 145 Å². The lowest BCUT2D eigenvalue weighted by Gasteiger charge is -2.13. The van der Waals surface area contributed by atoms with E-state index >= 15 is 0 Å². The summed E-state index contributed by atoms with van der Waals surface area (Å²) in [6, 6.07) is 9.20. The van der Waals surface area contributed by atoms with Gasteiger partial charge in [-0.1, -0.05) is 17.7 Å². The summed E-state index contributed by atoms with van der Waals surface area (Å²) in [5.74, 6) is -1.08. The van der Waals surface area contributed by atoms with E-state index in [0.29, 0.717) is 10.6 Å². The second kappa shape index (κ2) is 7.58. The van der Waals surface area contributed by atoms with Crippen LogP contribution in [0.3, 0.4) is 0 Å². The summed E-state index contributed by atoms with van der Waals surface area (Å²) < 4.78 is 35.6. The van der Waals surface area contributed by atoms with Crippen LogP contribution in [0.4, 0.5) is 4.39 Å². The van der Waals surface area contributed by atoms with Crippen molar-refractivity contribution in [3.05, 3.63) is 58.4 Å². The normalized spacial score (nSPS) is 11.5. The van der Waals surface area contributed by atoms with E-state index in [1.807, 2.05) is 6.92 Å². The van der Waals surface area contributed by atoms with E-state index in [9.17, 15) is 13.8 Å². The predicted molar refractivity (Wildman–Crippen MR) is 92.4 cm³/mol. The van der Waals surface area contributed by atoms with Gasteiger partial charge < -0.3 is 9.05 Å². The second-order valence-electron chi connectivity index (χ2n) is 5.25. The highest BCUT2D eigenvalue weighted by Gasteiger charge is 2.26. The number of ketones is 1. The molecule has 0 N–H and O–H groups in total. The highest BCUT2D eigenvalue weighted by atomic mass is 35.5. The molecule has 0 saturated heterocycles. The second-order valence-corrected chi connectivity index (χ2v) is 7.95. The molecule has 0 bridgehead atoms. The summed E-state index contributed by atoms with van der Waals surface area (Å²) >= 11 is 5.93. The maximum Gasteiger partial charge on any atom is 0.337 e. The van der Waals surface area contributed by atoms with Gasteiger partial charge in [0.15, 0.2) is 5.78 Å². The Morgan fingerprint density at radius 3 is 2.42 bits per heavy atom. The van der Waals surface area contributed by atoms with Crippen LogP contribution in [0.15, 0.2) is 36.4 Å². The monoisotopic (exact) mass is 370 g/mol. The Morgan fingerprint density at radius 1 is 1.17 bits per heavy atom. The van der Waals surface area contributed by atoms with E-state index in [-0.39, 0.29) is 5.56 Å². The third kappa shape index (κ3) is 4.31. The van der Waals surface area contributed by atoms with Crippen molar-refractivity contribution in [3.8, 4) is 11.1 Å². The molecule has 2 aromatic carbocycles. The molecule has 0 aliphatic rings. The molecule has 2 rings (SSSR count). The molecule has 0 heterocycles. The minimum absolute atomic E-state index is 0.105. The Morgan fingerprint density at radius 2 is 1.83 bits per heavy atom. The van der Waals surface area contributed by atoms with Crippen molar-refractivity contribution in [2.75, 3.05) is 20.4 Å². The number of rotatable bonds is 6. The predicted octanol–water partition coefficient (Wildman–Crippen LogP) is 5.12. The van der Waals surface area contributed by atoms with Crippen molar-refractivity contribution in [2.24, 2.45) is 0 Å². The summed E-state index contributed by atoms with van der Waals surface area (Å²) in [6.07, 6.45) is -0.456. The van der Waals surface area contributed by atoms with Crippen molar-refractivity contribution in [1.82, 2.24) is 0 Å². The molecule has 0 aliphatic heterocycles. The van der Waals surface area contributed by atoms with Gasteiger partial charge in [-0.3, -0.25) is 9.36 Å². The summed E-state index contributed by atoms with van der Waals surface area (Å²) in [5, 5.41) is 0.574. The van der Waals surface area contributed by atoms with Crippen molar-refractivity contribution >= 4 is 25.0 Å². The first-order chi connectivity index (χ1) is 11.3. The fourth-order valence-corrected chi connectivity index (χ4v) is 3.50. The molecule has 0 radical (unpaired) electrons. The van der Waals surface area contributed by atoms with Crippen LogP contribution >= 0.6 is 19.2 Å². The molecule has 24 heavy (non-hydrogen) atoms. The van der Waals surface area contributed by atoms with Crippen LogP contribution in [-0.2, 0) is 13.6 Å². The van der Waals surface area contributed by atoms with Crippen molar-refractivity contribution < 1.29 is 22.8 Å². The van der Waals surface area contributed by atoms with Gasteiger partial charge in [-0.25, -0.2) is 4.39 Å². The average molecular weight is 371 g/mol. The van der Waals surface area contributed by atoms with Crippen LogP contribution in [0.5, 0.6) is 0 Å². The van der Waals surface area contributed by atoms with Crippen molar-refractivity contribution in [1.29, 1.82) is 0 Å². The number of hydrogen-bond acceptors (Lipinski definition) is 4. The van der Waals surface area contributed by atoms with E-state index in [1.165, 1.54) is 20.3 Å². The first-order valence-corrected chi connectivity index (χ1v) is 9.19. The summed E-state index contributed by atoms with van der Waals surface area (Å²) in [6.45, 7) is 1.84. The Balaban J connectivity index is 2.42. The van der Waals surface area contributed by atoms with Crippen LogP contribution in [0.25, 0.3) is 11.1 Å². The molecule has 0 aromatic heterocycles. The van der Waals surface area contributed by atoms with E-state index in [0.717, 1.165) is 17.2 Å². The Bertz CT molecular complexity index is 814. The van der Waals surface area contributed by atoms with Gasteiger partial charge in [-0.05, 0) is 53.9 Å². The zero-order valence-corrected chi connectivity index (χ0v) is 15.2. The highest BCUT2D eigenvalue weighted by molar-refractivity contribution is 7.54. The highest BCUT2D eigenvalue weighted by Crippen LogP contribution is 2.46. The van der Waals surface area contributed by atoms with Gasteiger partial charge >= 0.3 is 7.60 Å². The minimum atomic E-state index is -3.51. The molecule has 0 saturated carbocycles. The van der Waals surface area contributed by atoms with Crippen LogP contribution in [0.1, 0.15) is 15.9 Å². The van der Waals surface area contributed by atoms with Crippen molar-refractivity contribution in [3.63, 3.8) is 0 Å². The van der Waals surface area contributed by atoms with Crippen LogP contribution < -0.4 is 0 Å². The van der Waals surface area contributed by atoms with Crippen molar-refractivity contribution in [2.45, 2.75) is 6.92 Å². The summed E-state index contributed by atoms with van der Waals surface area (Å²) in [4.78, 5) is 12.3.